The highest BCUT2D eigenvalue weighted by molar-refractivity contribution is 8.17. The van der Waals surface area contributed by atoms with Crippen molar-refractivity contribution in [3.8, 4) is 5.75 Å². The lowest BCUT2D eigenvalue weighted by molar-refractivity contribution is 0.0478. The van der Waals surface area contributed by atoms with E-state index in [2.05, 4.69) is 4.99 Å². The number of carbonyl (C=O) groups is 1. The summed E-state index contributed by atoms with van der Waals surface area (Å²) in [7, 11) is 1.58. The Kier molecular flexibility index (Phi) is 10.3. The zero-order valence-electron chi connectivity index (χ0n) is 21.4. The lowest BCUT2D eigenvalue weighted by atomic mass is 10.1. The van der Waals surface area contributed by atoms with Gasteiger partial charge in [-0.1, -0.05) is 61.2 Å². The molecule has 0 N–H and O–H groups in total. The van der Waals surface area contributed by atoms with E-state index in [4.69, 9.17) is 13.9 Å². The normalized spacial score (nSPS) is 11.9. The van der Waals surface area contributed by atoms with Crippen molar-refractivity contribution in [2.75, 3.05) is 13.7 Å². The lowest BCUT2D eigenvalue weighted by Crippen LogP contribution is -2.21. The summed E-state index contributed by atoms with van der Waals surface area (Å²) in [6, 6.07) is 14.0. The quantitative estimate of drug-likeness (QED) is 0.172. The molecular formula is C29H30FNO5S. The summed E-state index contributed by atoms with van der Waals surface area (Å²) in [5.41, 5.74) is 2.28. The minimum absolute atomic E-state index is 0.0675. The number of allylic oxidation sites excluding steroid dienone is 2. The first-order chi connectivity index (χ1) is 17.9. The third-order valence-electron chi connectivity index (χ3n) is 5.40. The molecule has 0 saturated heterocycles. The summed E-state index contributed by atoms with van der Waals surface area (Å²) < 4.78 is 30.0. The standard InChI is InChI=1S/C29H30FNO5S/c1-5-10-23(16-21-13-14-22(30)15-19(21)3)37-28(31-4)24-18-36-27(29(33)34-6-2)26(25(24)32)35-17-20-11-8-7-9-12-20/h7-15,18H,5-6,16-17H2,1-4H3/b23-10+,31-28?. The predicted octanol–water partition coefficient (Wildman–Crippen LogP) is 6.49. The summed E-state index contributed by atoms with van der Waals surface area (Å²) in [4.78, 5) is 31.3. The van der Waals surface area contributed by atoms with E-state index in [-0.39, 0.29) is 36.1 Å². The fourth-order valence-electron chi connectivity index (χ4n) is 3.56. The fraction of sp³-hybridized carbons (Fsp3) is 0.276. The molecule has 0 aliphatic heterocycles. The van der Waals surface area contributed by atoms with Gasteiger partial charge in [0.05, 0.1) is 12.2 Å². The van der Waals surface area contributed by atoms with Crippen molar-refractivity contribution in [2.24, 2.45) is 4.99 Å². The Hall–Kier alpha value is -3.65. The van der Waals surface area contributed by atoms with Gasteiger partial charge in [-0.3, -0.25) is 9.79 Å². The number of aliphatic imine (C=N–C) groups is 1. The number of carbonyl (C=O) groups excluding carboxylic acids is 1. The molecule has 1 aromatic heterocycles. The summed E-state index contributed by atoms with van der Waals surface area (Å²) in [6.07, 6.45) is 4.57. The van der Waals surface area contributed by atoms with Crippen molar-refractivity contribution in [3.63, 3.8) is 0 Å². The average molecular weight is 524 g/mol. The minimum atomic E-state index is -0.782. The Balaban J connectivity index is 1.95. The number of nitrogens with zero attached hydrogens (tertiary/aromatic N) is 1. The second kappa shape index (κ2) is 13.6. The van der Waals surface area contributed by atoms with Crippen LogP contribution >= 0.6 is 11.8 Å². The van der Waals surface area contributed by atoms with Crippen LogP contribution in [0.2, 0.25) is 0 Å². The van der Waals surface area contributed by atoms with Crippen molar-refractivity contribution < 1.29 is 23.1 Å². The van der Waals surface area contributed by atoms with E-state index in [9.17, 15) is 14.0 Å². The van der Waals surface area contributed by atoms with Crippen molar-refractivity contribution >= 4 is 22.8 Å². The molecule has 0 atom stereocenters. The number of rotatable bonds is 10. The van der Waals surface area contributed by atoms with Gasteiger partial charge in [0.1, 0.15) is 23.7 Å². The van der Waals surface area contributed by atoms with Gasteiger partial charge in [0.25, 0.3) is 5.76 Å². The van der Waals surface area contributed by atoms with Crippen molar-refractivity contribution in [1.29, 1.82) is 0 Å². The van der Waals surface area contributed by atoms with Crippen molar-refractivity contribution in [1.82, 2.24) is 0 Å². The fourth-order valence-corrected chi connectivity index (χ4v) is 4.63. The third kappa shape index (κ3) is 7.43. The van der Waals surface area contributed by atoms with Gasteiger partial charge >= 0.3 is 5.97 Å². The second-order valence-corrected chi connectivity index (χ2v) is 9.20. The first-order valence-electron chi connectivity index (χ1n) is 12.0. The van der Waals surface area contributed by atoms with Gasteiger partial charge in [0, 0.05) is 13.5 Å². The SMILES string of the molecule is CC/C=C(\Cc1ccc(F)cc1C)SC(=NC)c1coc(C(=O)OCC)c(OCc2ccccc2)c1=O. The number of ether oxygens (including phenoxy) is 2. The number of hydrogen-bond donors (Lipinski definition) is 0. The Morgan fingerprint density at radius 1 is 1.16 bits per heavy atom. The monoisotopic (exact) mass is 523 g/mol. The minimum Gasteiger partial charge on any atom is -0.481 e. The van der Waals surface area contributed by atoms with Gasteiger partial charge < -0.3 is 13.9 Å². The van der Waals surface area contributed by atoms with Crippen LogP contribution in [0, 0.1) is 12.7 Å². The summed E-state index contributed by atoms with van der Waals surface area (Å²) in [6.45, 7) is 5.73. The van der Waals surface area contributed by atoms with E-state index in [0.717, 1.165) is 28.0 Å². The van der Waals surface area contributed by atoms with E-state index in [1.165, 1.54) is 30.2 Å². The van der Waals surface area contributed by atoms with Crippen LogP contribution in [0.3, 0.4) is 0 Å². The highest BCUT2D eigenvalue weighted by Gasteiger charge is 2.25. The molecule has 6 nitrogen and oxygen atoms in total. The zero-order chi connectivity index (χ0) is 26.8. The van der Waals surface area contributed by atoms with Gasteiger partial charge in [0.15, 0.2) is 0 Å². The predicted molar refractivity (Wildman–Crippen MR) is 145 cm³/mol. The summed E-state index contributed by atoms with van der Waals surface area (Å²) in [5.74, 6) is -1.58. The van der Waals surface area contributed by atoms with Gasteiger partial charge in [-0.25, -0.2) is 9.18 Å². The summed E-state index contributed by atoms with van der Waals surface area (Å²) >= 11 is 1.32. The van der Waals surface area contributed by atoms with Crippen LogP contribution in [-0.2, 0) is 17.8 Å². The maximum atomic E-state index is 13.6. The van der Waals surface area contributed by atoms with Crippen LogP contribution in [-0.4, -0.2) is 24.7 Å². The Bertz CT molecular complexity index is 1350. The molecule has 0 fully saturated rings. The molecule has 0 saturated carbocycles. The maximum absolute atomic E-state index is 13.6. The second-order valence-electron chi connectivity index (χ2n) is 8.09. The number of thioether (sulfide) groups is 1. The molecule has 0 bridgehead atoms. The van der Waals surface area contributed by atoms with Crippen LogP contribution < -0.4 is 10.2 Å². The van der Waals surface area contributed by atoms with Crippen molar-refractivity contribution in [3.05, 3.63) is 110 Å². The molecule has 0 amide bonds. The van der Waals surface area contributed by atoms with Gasteiger partial charge in [0.2, 0.25) is 11.2 Å². The van der Waals surface area contributed by atoms with Crippen LogP contribution in [0.25, 0.3) is 0 Å². The Labute approximate surface area is 220 Å². The smallest absolute Gasteiger partial charge is 0.378 e. The molecule has 8 heteroatoms. The maximum Gasteiger partial charge on any atom is 0.378 e. The molecule has 0 spiro atoms. The molecule has 0 radical (unpaired) electrons. The summed E-state index contributed by atoms with van der Waals surface area (Å²) in [5, 5.41) is 0.410. The highest BCUT2D eigenvalue weighted by atomic mass is 32.2. The van der Waals surface area contributed by atoms with Crippen LogP contribution in [0.1, 0.15) is 53.1 Å². The highest BCUT2D eigenvalue weighted by Crippen LogP contribution is 2.28. The van der Waals surface area contributed by atoms with E-state index in [1.807, 2.05) is 50.3 Å². The molecule has 3 rings (SSSR count). The number of aryl methyl sites for hydroxylation is 1. The molecule has 194 valence electrons. The Morgan fingerprint density at radius 3 is 2.57 bits per heavy atom. The van der Waals surface area contributed by atoms with E-state index in [1.54, 1.807) is 20.0 Å². The zero-order valence-corrected chi connectivity index (χ0v) is 22.2. The molecule has 0 unspecified atom stereocenters. The molecule has 1 heterocycles. The van der Waals surface area contributed by atoms with E-state index < -0.39 is 11.4 Å². The molecule has 0 aliphatic carbocycles. The van der Waals surface area contributed by atoms with Crippen LogP contribution in [0.5, 0.6) is 5.75 Å². The molecule has 2 aromatic carbocycles. The van der Waals surface area contributed by atoms with Crippen LogP contribution in [0.4, 0.5) is 4.39 Å². The number of benzene rings is 2. The number of hydrogen-bond acceptors (Lipinski definition) is 7. The van der Waals surface area contributed by atoms with Gasteiger partial charge in [-0.2, -0.15) is 0 Å². The number of esters is 1. The molecule has 3 aromatic rings. The van der Waals surface area contributed by atoms with E-state index >= 15 is 0 Å². The van der Waals surface area contributed by atoms with E-state index in [0.29, 0.717) is 11.5 Å². The lowest BCUT2D eigenvalue weighted by Gasteiger charge is -2.14. The van der Waals surface area contributed by atoms with Crippen molar-refractivity contribution in [2.45, 2.75) is 40.2 Å². The average Bonchev–Trinajstić information content (AvgIpc) is 2.89. The third-order valence-corrected chi connectivity index (χ3v) is 6.57. The topological polar surface area (TPSA) is 78.1 Å². The molecule has 0 aliphatic rings. The first kappa shape index (κ1) is 27.9. The molecule has 37 heavy (non-hydrogen) atoms. The largest absolute Gasteiger partial charge is 0.481 e. The van der Waals surface area contributed by atoms with Gasteiger partial charge in [-0.15, -0.1) is 0 Å². The number of halogens is 1. The molecular weight excluding hydrogens is 493 g/mol. The Morgan fingerprint density at radius 2 is 1.92 bits per heavy atom. The van der Waals surface area contributed by atoms with Gasteiger partial charge in [-0.05, 0) is 54.0 Å². The van der Waals surface area contributed by atoms with Crippen LogP contribution in [0.15, 0.2) is 80.0 Å². The first-order valence-corrected chi connectivity index (χ1v) is 12.8.